The van der Waals surface area contributed by atoms with Crippen LogP contribution in [0.5, 0.6) is 0 Å². The maximum absolute atomic E-state index is 15.1. The monoisotopic (exact) mass is 479 g/mol. The summed E-state index contributed by atoms with van der Waals surface area (Å²) in [4.78, 5) is 28.1. The summed E-state index contributed by atoms with van der Waals surface area (Å²) in [6.45, 7) is 2.08. The molecule has 0 radical (unpaired) electrons. The number of nitrogens with one attached hydrogen (secondary N) is 1. The number of carboxylic acids is 1. The maximum atomic E-state index is 15.1. The van der Waals surface area contributed by atoms with Crippen LogP contribution in [0.3, 0.4) is 0 Å². The molecular formula is C21H19ClFN3O5S. The molecule has 32 heavy (non-hydrogen) atoms. The van der Waals surface area contributed by atoms with Gasteiger partial charge in [-0.05, 0) is 37.5 Å². The Morgan fingerprint density at radius 2 is 2.09 bits per heavy atom. The van der Waals surface area contributed by atoms with Crippen molar-refractivity contribution in [3.8, 4) is 11.1 Å². The van der Waals surface area contributed by atoms with Gasteiger partial charge in [-0.3, -0.25) is 4.79 Å². The van der Waals surface area contributed by atoms with Crippen molar-refractivity contribution in [1.29, 1.82) is 0 Å². The molecule has 3 aromatic rings. The maximum Gasteiger partial charge on any atom is 0.341 e. The van der Waals surface area contributed by atoms with E-state index in [0.717, 1.165) is 18.9 Å². The fourth-order valence-corrected chi connectivity index (χ4v) is 4.95. The number of rotatable bonds is 7. The molecule has 0 unspecified atom stereocenters. The third-order valence-corrected chi connectivity index (χ3v) is 6.97. The zero-order chi connectivity index (χ0) is 23.2. The molecule has 0 spiro atoms. The molecule has 2 N–H and O–H groups in total. The highest BCUT2D eigenvalue weighted by molar-refractivity contribution is 7.89. The van der Waals surface area contributed by atoms with Crippen LogP contribution in [0.1, 0.15) is 42.6 Å². The zero-order valence-electron chi connectivity index (χ0n) is 16.9. The third-order valence-electron chi connectivity index (χ3n) is 5.22. The van der Waals surface area contributed by atoms with Gasteiger partial charge in [0.15, 0.2) is 5.03 Å². The molecule has 1 saturated carbocycles. The number of benzene rings is 1. The Bertz CT molecular complexity index is 1400. The van der Waals surface area contributed by atoms with Gasteiger partial charge in [-0.1, -0.05) is 18.5 Å². The quantitative estimate of drug-likeness (QED) is 0.534. The van der Waals surface area contributed by atoms with Gasteiger partial charge in [-0.2, -0.15) is 0 Å². The molecule has 1 aliphatic rings. The Morgan fingerprint density at radius 1 is 1.38 bits per heavy atom. The van der Waals surface area contributed by atoms with Gasteiger partial charge in [0.2, 0.25) is 5.43 Å². The molecule has 2 heterocycles. The van der Waals surface area contributed by atoms with Crippen LogP contribution in [0.25, 0.3) is 22.0 Å². The van der Waals surface area contributed by atoms with Crippen molar-refractivity contribution < 1.29 is 22.7 Å². The molecule has 1 aliphatic carbocycles. The number of carbonyl (C=O) groups is 1. The average molecular weight is 480 g/mol. The molecule has 11 heteroatoms. The van der Waals surface area contributed by atoms with Gasteiger partial charge in [-0.15, -0.1) is 0 Å². The summed E-state index contributed by atoms with van der Waals surface area (Å²) in [6.07, 6.45) is 4.60. The van der Waals surface area contributed by atoms with Gasteiger partial charge in [0.25, 0.3) is 10.0 Å². The van der Waals surface area contributed by atoms with E-state index in [2.05, 4.69) is 9.71 Å². The van der Waals surface area contributed by atoms with Crippen LogP contribution in [0.2, 0.25) is 5.02 Å². The first kappa shape index (κ1) is 22.4. The van der Waals surface area contributed by atoms with E-state index in [1.807, 2.05) is 6.92 Å². The first-order chi connectivity index (χ1) is 15.2. The largest absolute Gasteiger partial charge is 0.477 e. The Balaban J connectivity index is 1.89. The fourth-order valence-electron chi connectivity index (χ4n) is 3.50. The molecule has 4 rings (SSSR count). The SMILES string of the molecule is CCCNS(=O)(=O)c1ccc(-c2c(F)cc3c(=O)c(C(=O)O)cn(C4CC4)c3c2Cl)cn1. The molecule has 168 valence electrons. The number of sulfonamides is 1. The molecule has 1 fully saturated rings. The van der Waals surface area contributed by atoms with Crippen molar-refractivity contribution in [3.63, 3.8) is 0 Å². The van der Waals surface area contributed by atoms with Crippen molar-refractivity contribution in [1.82, 2.24) is 14.3 Å². The first-order valence-electron chi connectivity index (χ1n) is 9.92. The third kappa shape index (κ3) is 3.89. The Morgan fingerprint density at radius 3 is 2.66 bits per heavy atom. The summed E-state index contributed by atoms with van der Waals surface area (Å²) in [5.41, 5.74) is -0.862. The van der Waals surface area contributed by atoms with Crippen molar-refractivity contribution in [2.75, 3.05) is 6.54 Å². The number of nitrogens with zero attached hydrogens (tertiary/aromatic N) is 2. The van der Waals surface area contributed by atoms with E-state index in [1.54, 1.807) is 4.57 Å². The van der Waals surface area contributed by atoms with E-state index < -0.39 is 32.8 Å². The molecule has 1 aromatic carbocycles. The van der Waals surface area contributed by atoms with Crippen molar-refractivity contribution >= 4 is 38.5 Å². The van der Waals surface area contributed by atoms with Crippen LogP contribution >= 0.6 is 11.6 Å². The summed E-state index contributed by atoms with van der Waals surface area (Å²) >= 11 is 6.55. The van der Waals surface area contributed by atoms with Crippen molar-refractivity contribution in [2.45, 2.75) is 37.3 Å². The highest BCUT2D eigenvalue weighted by Gasteiger charge is 2.29. The van der Waals surface area contributed by atoms with Gasteiger partial charge < -0.3 is 9.67 Å². The topological polar surface area (TPSA) is 118 Å². The van der Waals surface area contributed by atoms with Crippen molar-refractivity contribution in [3.05, 3.63) is 57.2 Å². The van der Waals surface area contributed by atoms with Crippen LogP contribution < -0.4 is 10.2 Å². The number of fused-ring (bicyclic) bond motifs is 1. The Kier molecular flexibility index (Phi) is 5.78. The minimum Gasteiger partial charge on any atom is -0.477 e. The lowest BCUT2D eigenvalue weighted by Gasteiger charge is -2.16. The smallest absolute Gasteiger partial charge is 0.341 e. The van der Waals surface area contributed by atoms with Crippen LogP contribution in [0, 0.1) is 5.82 Å². The summed E-state index contributed by atoms with van der Waals surface area (Å²) in [5, 5.41) is 8.96. The standard InChI is InChI=1S/C21H19ClFN3O5S/c1-2-7-25-32(30,31)16-6-3-11(9-24-16)17-15(23)8-13-19(18(17)22)26(12-4-5-12)10-14(20(13)27)21(28)29/h3,6,8-10,12,25H,2,4-5,7H2,1H3,(H,28,29). The molecule has 0 amide bonds. The summed E-state index contributed by atoms with van der Waals surface area (Å²) in [6, 6.07) is 3.56. The summed E-state index contributed by atoms with van der Waals surface area (Å²) in [7, 11) is -3.79. The lowest BCUT2D eigenvalue weighted by atomic mass is 10.0. The minimum absolute atomic E-state index is 0.0395. The van der Waals surface area contributed by atoms with E-state index in [9.17, 15) is 23.1 Å². The van der Waals surface area contributed by atoms with Gasteiger partial charge in [0.1, 0.15) is 11.4 Å². The molecule has 0 aliphatic heterocycles. The summed E-state index contributed by atoms with van der Waals surface area (Å²) < 4.78 is 43.6. The van der Waals surface area contributed by atoms with E-state index in [4.69, 9.17) is 11.6 Å². The number of carboxylic acid groups (broad SMARTS) is 1. The Hall–Kier alpha value is -2.82. The lowest BCUT2D eigenvalue weighted by molar-refractivity contribution is 0.0695. The normalized spacial score (nSPS) is 14.1. The molecule has 0 bridgehead atoms. The number of pyridine rings is 2. The number of hydrogen-bond acceptors (Lipinski definition) is 5. The van der Waals surface area contributed by atoms with Crippen LogP contribution in [-0.2, 0) is 10.0 Å². The van der Waals surface area contributed by atoms with Crippen LogP contribution in [-0.4, -0.2) is 35.6 Å². The van der Waals surface area contributed by atoms with Gasteiger partial charge >= 0.3 is 5.97 Å². The van der Waals surface area contributed by atoms with Crippen LogP contribution in [0.15, 0.2) is 40.4 Å². The number of halogens is 2. The van der Waals surface area contributed by atoms with Crippen molar-refractivity contribution in [2.24, 2.45) is 0 Å². The predicted octanol–water partition coefficient (Wildman–Crippen LogP) is 3.58. The number of hydrogen-bond donors (Lipinski definition) is 2. The summed E-state index contributed by atoms with van der Waals surface area (Å²) in [5.74, 6) is -2.24. The second kappa shape index (κ2) is 8.27. The molecule has 8 nitrogen and oxygen atoms in total. The van der Waals surface area contributed by atoms with Crippen LogP contribution in [0.4, 0.5) is 4.39 Å². The molecular weight excluding hydrogens is 461 g/mol. The average Bonchev–Trinajstić information content (AvgIpc) is 3.58. The predicted molar refractivity (Wildman–Crippen MR) is 117 cm³/mol. The number of aromatic carboxylic acids is 1. The molecule has 0 saturated heterocycles. The zero-order valence-corrected chi connectivity index (χ0v) is 18.5. The minimum atomic E-state index is -3.79. The number of aromatic nitrogens is 2. The molecule has 2 aromatic heterocycles. The van der Waals surface area contributed by atoms with E-state index in [0.29, 0.717) is 6.42 Å². The lowest BCUT2D eigenvalue weighted by Crippen LogP contribution is -2.25. The van der Waals surface area contributed by atoms with E-state index >= 15 is 4.39 Å². The van der Waals surface area contributed by atoms with Gasteiger partial charge in [-0.25, -0.2) is 27.3 Å². The first-order valence-corrected chi connectivity index (χ1v) is 11.8. The fraction of sp³-hybridized carbons (Fsp3) is 0.286. The van der Waals surface area contributed by atoms with Gasteiger partial charge in [0.05, 0.1) is 15.9 Å². The highest BCUT2D eigenvalue weighted by atomic mass is 35.5. The Labute approximate surface area is 187 Å². The van der Waals surface area contributed by atoms with E-state index in [-0.39, 0.29) is 44.7 Å². The second-order valence-electron chi connectivity index (χ2n) is 7.54. The molecule has 0 atom stereocenters. The van der Waals surface area contributed by atoms with Gasteiger partial charge in [0, 0.05) is 36.1 Å². The van der Waals surface area contributed by atoms with E-state index in [1.165, 1.54) is 24.5 Å². The second-order valence-corrected chi connectivity index (χ2v) is 9.63. The highest BCUT2D eigenvalue weighted by Crippen LogP contribution is 2.42.